The van der Waals surface area contributed by atoms with Crippen LogP contribution in [0.25, 0.3) is 0 Å². The zero-order valence-corrected chi connectivity index (χ0v) is 21.0. The minimum Gasteiger partial charge on any atom is -0.334 e. The molecule has 0 fully saturated rings. The number of nitrogens with zero attached hydrogens (tertiary/aromatic N) is 6. The molecule has 0 aliphatic heterocycles. The number of hydrogen-bond acceptors (Lipinski definition) is 11. The zero-order valence-electron chi connectivity index (χ0n) is 17.8. The highest BCUT2D eigenvalue weighted by Gasteiger charge is 2.14. The number of hydrogen-bond donors (Lipinski definition) is 3. The molecule has 180 valence electrons. The first-order valence-electron chi connectivity index (χ1n) is 9.85. The van der Waals surface area contributed by atoms with Crippen molar-refractivity contribution in [2.45, 2.75) is 15.2 Å². The van der Waals surface area contributed by atoms with Crippen LogP contribution >= 0.6 is 46.5 Å². The Bertz CT molecular complexity index is 1310. The third-order valence-electron chi connectivity index (χ3n) is 4.17. The van der Waals surface area contributed by atoms with Gasteiger partial charge in [-0.1, -0.05) is 70.7 Å². The average molecular weight is 550 g/mol. The van der Waals surface area contributed by atoms with E-state index in [1.54, 1.807) is 12.1 Å². The summed E-state index contributed by atoms with van der Waals surface area (Å²) in [6.07, 6.45) is 1.48. The Labute approximate surface area is 216 Å². The summed E-state index contributed by atoms with van der Waals surface area (Å²) < 4.78 is 14.9. The third-order valence-corrected chi connectivity index (χ3v) is 7.41. The van der Waals surface area contributed by atoms with E-state index in [9.17, 15) is 9.18 Å². The third kappa shape index (κ3) is 7.39. The summed E-state index contributed by atoms with van der Waals surface area (Å²) in [6, 6.07) is 13.4. The van der Waals surface area contributed by atoms with Gasteiger partial charge in [0.25, 0.3) is 5.95 Å². The molecule has 1 amide bonds. The highest BCUT2D eigenvalue weighted by Crippen LogP contribution is 2.29. The van der Waals surface area contributed by atoms with Gasteiger partial charge in [0.1, 0.15) is 5.82 Å². The van der Waals surface area contributed by atoms with E-state index in [4.69, 9.17) is 17.4 Å². The second kappa shape index (κ2) is 12.0. The van der Waals surface area contributed by atoms with E-state index in [1.807, 2.05) is 24.3 Å². The first kappa shape index (κ1) is 24.9. The predicted molar refractivity (Wildman–Crippen MR) is 138 cm³/mol. The fourth-order valence-electron chi connectivity index (χ4n) is 2.49. The normalized spacial score (nSPS) is 11.1. The molecule has 0 unspecified atom stereocenters. The number of carbonyl (C=O) groups is 1. The first-order valence-corrected chi connectivity index (χ1v) is 13.0. The molecule has 4 N–H and O–H groups in total. The summed E-state index contributed by atoms with van der Waals surface area (Å²) in [7, 11) is 0. The average Bonchev–Trinajstić information content (AvgIpc) is 3.45. The zero-order chi connectivity index (χ0) is 24.6. The second-order valence-corrected chi connectivity index (χ2v) is 10.3. The maximum Gasteiger partial charge on any atom is 0.264 e. The van der Waals surface area contributed by atoms with Crippen LogP contribution in [0.3, 0.4) is 0 Å². The van der Waals surface area contributed by atoms with E-state index in [0.29, 0.717) is 26.6 Å². The SMILES string of the molecule is Nn1c(N/N=C/c2ccc(F)cc2)nnc1SCC(=O)Nc1nnc(SCc2ccc(Cl)cc2)s1. The minimum absolute atomic E-state index is 0.0427. The predicted octanol–water partition coefficient (Wildman–Crippen LogP) is 4.11. The molecule has 4 rings (SSSR count). The van der Waals surface area contributed by atoms with E-state index in [2.05, 4.69) is 36.2 Å². The van der Waals surface area contributed by atoms with Crippen LogP contribution < -0.4 is 16.6 Å². The number of amides is 1. The molecule has 0 spiro atoms. The van der Waals surface area contributed by atoms with Crippen molar-refractivity contribution in [3.05, 3.63) is 70.5 Å². The fraction of sp³-hybridized carbons (Fsp3) is 0.100. The van der Waals surface area contributed by atoms with Crippen LogP contribution in [0.4, 0.5) is 15.5 Å². The molecule has 0 aliphatic carbocycles. The summed E-state index contributed by atoms with van der Waals surface area (Å²) in [4.78, 5) is 12.3. The lowest BCUT2D eigenvalue weighted by Gasteiger charge is -2.03. The quantitative estimate of drug-likeness (QED) is 0.0877. The number of nitrogen functional groups attached to an aromatic ring is 1. The molecule has 2 aromatic heterocycles. The van der Waals surface area contributed by atoms with Crippen molar-refractivity contribution in [2.75, 3.05) is 22.3 Å². The molecule has 0 atom stereocenters. The molecular formula is C20H17ClFN9OS3. The van der Waals surface area contributed by atoms with Gasteiger partial charge >= 0.3 is 0 Å². The van der Waals surface area contributed by atoms with Gasteiger partial charge in [0.15, 0.2) is 4.34 Å². The highest BCUT2D eigenvalue weighted by atomic mass is 35.5. The Kier molecular flexibility index (Phi) is 8.52. The molecule has 35 heavy (non-hydrogen) atoms. The molecule has 4 aromatic rings. The molecule has 0 bridgehead atoms. The number of aromatic nitrogens is 5. The summed E-state index contributed by atoms with van der Waals surface area (Å²) in [6.45, 7) is 0. The van der Waals surface area contributed by atoms with Gasteiger partial charge in [-0.3, -0.25) is 10.1 Å². The summed E-state index contributed by atoms with van der Waals surface area (Å²) in [5.74, 6) is 6.28. The molecule has 0 aliphatic rings. The molecule has 0 radical (unpaired) electrons. The standard InChI is InChI=1S/C20H17ClFN9OS3/c21-14-5-1-13(2-6-14)10-34-20-30-28-18(35-20)25-16(32)11-33-19-29-27-17(31(19)23)26-24-9-12-3-7-15(22)8-4-12/h1-9H,10-11,23H2,(H,26,27)(H,25,28,32)/b24-9+. The molecule has 15 heteroatoms. The van der Waals surface area contributed by atoms with Crippen LogP contribution in [0.2, 0.25) is 5.02 Å². The number of nitrogens with one attached hydrogen (secondary N) is 2. The smallest absolute Gasteiger partial charge is 0.264 e. The Morgan fingerprint density at radius 3 is 2.66 bits per heavy atom. The monoisotopic (exact) mass is 549 g/mol. The van der Waals surface area contributed by atoms with Gasteiger partial charge in [-0.2, -0.15) is 5.10 Å². The van der Waals surface area contributed by atoms with Gasteiger partial charge in [-0.25, -0.2) is 14.5 Å². The summed E-state index contributed by atoms with van der Waals surface area (Å²) in [5, 5.41) is 24.0. The van der Waals surface area contributed by atoms with Crippen molar-refractivity contribution in [2.24, 2.45) is 5.10 Å². The number of halogens is 2. The molecule has 10 nitrogen and oxygen atoms in total. The van der Waals surface area contributed by atoms with E-state index in [0.717, 1.165) is 21.7 Å². The summed E-state index contributed by atoms with van der Waals surface area (Å²) >= 11 is 9.81. The van der Waals surface area contributed by atoms with Gasteiger partial charge in [0, 0.05) is 10.8 Å². The van der Waals surface area contributed by atoms with Crippen LogP contribution in [0.15, 0.2) is 63.1 Å². The largest absolute Gasteiger partial charge is 0.334 e. The molecular weight excluding hydrogens is 533 g/mol. The highest BCUT2D eigenvalue weighted by molar-refractivity contribution is 8.00. The van der Waals surface area contributed by atoms with Crippen molar-refractivity contribution in [3.63, 3.8) is 0 Å². The number of nitrogens with two attached hydrogens (primary N) is 1. The van der Waals surface area contributed by atoms with Crippen LogP contribution in [0.1, 0.15) is 11.1 Å². The Morgan fingerprint density at radius 2 is 1.89 bits per heavy atom. The van der Waals surface area contributed by atoms with Gasteiger partial charge in [-0.15, -0.1) is 20.4 Å². The van der Waals surface area contributed by atoms with Gasteiger partial charge < -0.3 is 5.84 Å². The minimum atomic E-state index is -0.331. The number of thioether (sulfide) groups is 2. The first-order chi connectivity index (χ1) is 17.0. The second-order valence-electron chi connectivity index (χ2n) is 6.72. The van der Waals surface area contributed by atoms with Crippen LogP contribution in [-0.4, -0.2) is 42.9 Å². The number of rotatable bonds is 10. The number of carbonyl (C=O) groups excluding carboxylic acids is 1. The Hall–Kier alpha value is -3.20. The maximum absolute atomic E-state index is 12.9. The van der Waals surface area contributed by atoms with Crippen LogP contribution in [0, 0.1) is 5.82 Å². The lowest BCUT2D eigenvalue weighted by molar-refractivity contribution is -0.113. The van der Waals surface area contributed by atoms with Crippen molar-refractivity contribution >= 4 is 69.7 Å². The Morgan fingerprint density at radius 1 is 1.11 bits per heavy atom. The van der Waals surface area contributed by atoms with Crippen molar-refractivity contribution in [3.8, 4) is 0 Å². The molecule has 0 saturated carbocycles. The number of benzene rings is 2. The Balaban J connectivity index is 1.22. The van der Waals surface area contributed by atoms with E-state index in [-0.39, 0.29) is 23.4 Å². The van der Waals surface area contributed by atoms with Crippen molar-refractivity contribution < 1.29 is 9.18 Å². The van der Waals surface area contributed by atoms with Crippen molar-refractivity contribution in [1.82, 2.24) is 25.1 Å². The van der Waals surface area contributed by atoms with E-state index in [1.165, 1.54) is 46.1 Å². The topological polar surface area (TPSA) is 136 Å². The maximum atomic E-state index is 12.9. The number of hydrazone groups is 1. The molecule has 2 aromatic carbocycles. The van der Waals surface area contributed by atoms with Gasteiger partial charge in [0.2, 0.25) is 16.2 Å². The molecule has 2 heterocycles. The lowest BCUT2D eigenvalue weighted by atomic mass is 10.2. The van der Waals surface area contributed by atoms with Gasteiger partial charge in [-0.05, 0) is 35.4 Å². The van der Waals surface area contributed by atoms with Gasteiger partial charge in [0.05, 0.1) is 12.0 Å². The van der Waals surface area contributed by atoms with Crippen molar-refractivity contribution in [1.29, 1.82) is 0 Å². The lowest BCUT2D eigenvalue weighted by Crippen LogP contribution is -2.16. The van der Waals surface area contributed by atoms with Crippen LogP contribution in [0.5, 0.6) is 0 Å². The summed E-state index contributed by atoms with van der Waals surface area (Å²) in [5.41, 5.74) is 4.45. The van der Waals surface area contributed by atoms with Crippen LogP contribution in [-0.2, 0) is 10.5 Å². The number of anilines is 2. The fourth-order valence-corrected chi connectivity index (χ4v) is 5.00. The molecule has 0 saturated heterocycles. The van der Waals surface area contributed by atoms with E-state index >= 15 is 0 Å². The van der Waals surface area contributed by atoms with E-state index < -0.39 is 0 Å².